The molecule has 3 aromatic rings. The van der Waals surface area contributed by atoms with Gasteiger partial charge in [-0.15, -0.1) is 10.2 Å². The zero-order valence-electron chi connectivity index (χ0n) is 11.2. The summed E-state index contributed by atoms with van der Waals surface area (Å²) in [6.45, 7) is 1.99. The molecular weight excluding hydrogens is 258 g/mol. The summed E-state index contributed by atoms with van der Waals surface area (Å²) in [5, 5.41) is 8.64. The standard InChI is InChI=1S/C14H13N3O3/c1-3-19-14(18)13-16-15-12(20-13)10-8-17(2)11-7-5-4-6-9(10)11/h4-8H,3H2,1-2H3. The maximum atomic E-state index is 11.5. The molecule has 0 amide bonds. The Balaban J connectivity index is 2.06. The number of rotatable bonds is 3. The van der Waals surface area contributed by atoms with Crippen molar-refractivity contribution in [3.63, 3.8) is 0 Å². The number of hydrogen-bond acceptors (Lipinski definition) is 5. The second-order valence-electron chi connectivity index (χ2n) is 4.30. The van der Waals surface area contributed by atoms with Crippen LogP contribution in [-0.2, 0) is 11.8 Å². The van der Waals surface area contributed by atoms with Gasteiger partial charge in [-0.05, 0) is 13.0 Å². The summed E-state index contributed by atoms with van der Waals surface area (Å²) in [5.41, 5.74) is 1.85. The average Bonchev–Trinajstić information content (AvgIpc) is 3.05. The fourth-order valence-electron chi connectivity index (χ4n) is 2.12. The molecule has 1 aromatic carbocycles. The molecule has 0 radical (unpaired) electrons. The number of aromatic nitrogens is 3. The molecule has 0 unspecified atom stereocenters. The maximum Gasteiger partial charge on any atom is 0.396 e. The Morgan fingerprint density at radius 1 is 1.35 bits per heavy atom. The summed E-state index contributed by atoms with van der Waals surface area (Å²) in [5.74, 6) is -0.425. The topological polar surface area (TPSA) is 70.2 Å². The van der Waals surface area contributed by atoms with Crippen molar-refractivity contribution in [2.24, 2.45) is 7.05 Å². The average molecular weight is 271 g/mol. The number of nitrogens with zero attached hydrogens (tertiary/aromatic N) is 3. The van der Waals surface area contributed by atoms with Crippen LogP contribution in [0.1, 0.15) is 17.6 Å². The lowest BCUT2D eigenvalue weighted by Gasteiger charge is -1.94. The second-order valence-corrected chi connectivity index (χ2v) is 4.30. The molecule has 6 heteroatoms. The Morgan fingerprint density at radius 2 is 2.15 bits per heavy atom. The van der Waals surface area contributed by atoms with Gasteiger partial charge in [0.1, 0.15) is 0 Å². The highest BCUT2D eigenvalue weighted by molar-refractivity contribution is 5.94. The highest BCUT2D eigenvalue weighted by Gasteiger charge is 2.19. The zero-order chi connectivity index (χ0) is 14.1. The maximum absolute atomic E-state index is 11.5. The fraction of sp³-hybridized carbons (Fsp3) is 0.214. The molecule has 0 aliphatic carbocycles. The predicted molar refractivity (Wildman–Crippen MR) is 72.2 cm³/mol. The molecule has 20 heavy (non-hydrogen) atoms. The van der Waals surface area contributed by atoms with Gasteiger partial charge < -0.3 is 13.7 Å². The van der Waals surface area contributed by atoms with Crippen LogP contribution in [0, 0.1) is 0 Å². The number of ether oxygens (including phenoxy) is 1. The van der Waals surface area contributed by atoms with Crippen LogP contribution in [0.2, 0.25) is 0 Å². The van der Waals surface area contributed by atoms with Crippen molar-refractivity contribution in [1.82, 2.24) is 14.8 Å². The van der Waals surface area contributed by atoms with Crippen LogP contribution in [-0.4, -0.2) is 27.3 Å². The summed E-state index contributed by atoms with van der Waals surface area (Å²) >= 11 is 0. The highest BCUT2D eigenvalue weighted by Crippen LogP contribution is 2.29. The van der Waals surface area contributed by atoms with Crippen molar-refractivity contribution >= 4 is 16.9 Å². The summed E-state index contributed by atoms with van der Waals surface area (Å²) in [6, 6.07) is 7.87. The van der Waals surface area contributed by atoms with E-state index in [0.717, 1.165) is 16.5 Å². The molecular formula is C14H13N3O3. The summed E-state index contributed by atoms with van der Waals surface area (Å²) < 4.78 is 12.2. The summed E-state index contributed by atoms with van der Waals surface area (Å²) in [4.78, 5) is 11.5. The number of benzene rings is 1. The molecule has 0 saturated carbocycles. The van der Waals surface area contributed by atoms with Gasteiger partial charge in [-0.2, -0.15) is 0 Å². The molecule has 0 saturated heterocycles. The van der Waals surface area contributed by atoms with E-state index in [-0.39, 0.29) is 12.5 Å². The molecule has 0 atom stereocenters. The Bertz CT molecular complexity index is 773. The van der Waals surface area contributed by atoms with Gasteiger partial charge in [0.25, 0.3) is 5.89 Å². The lowest BCUT2D eigenvalue weighted by molar-refractivity contribution is 0.0481. The van der Waals surface area contributed by atoms with E-state index in [1.54, 1.807) is 6.92 Å². The molecule has 3 rings (SSSR count). The van der Waals surface area contributed by atoms with Gasteiger partial charge >= 0.3 is 11.9 Å². The minimum absolute atomic E-state index is 0.130. The largest absolute Gasteiger partial charge is 0.459 e. The van der Waals surface area contributed by atoms with Crippen molar-refractivity contribution in [1.29, 1.82) is 0 Å². The van der Waals surface area contributed by atoms with Gasteiger partial charge in [-0.25, -0.2) is 4.79 Å². The fourth-order valence-corrected chi connectivity index (χ4v) is 2.12. The first-order chi connectivity index (χ1) is 9.70. The van der Waals surface area contributed by atoms with Crippen molar-refractivity contribution in [2.75, 3.05) is 6.61 Å². The molecule has 0 aliphatic heterocycles. The number of para-hydroxylation sites is 1. The first-order valence-electron chi connectivity index (χ1n) is 6.25. The minimum atomic E-state index is -0.605. The molecule has 0 N–H and O–H groups in total. The van der Waals surface area contributed by atoms with Crippen LogP contribution in [0.4, 0.5) is 0 Å². The number of esters is 1. The van der Waals surface area contributed by atoms with Crippen LogP contribution in [0.5, 0.6) is 0 Å². The smallest absolute Gasteiger partial charge is 0.396 e. The number of fused-ring (bicyclic) bond motifs is 1. The normalized spacial score (nSPS) is 10.9. The molecule has 102 valence electrons. The van der Waals surface area contributed by atoms with E-state index in [2.05, 4.69) is 10.2 Å². The monoisotopic (exact) mass is 271 g/mol. The Labute approximate surface area is 115 Å². The van der Waals surface area contributed by atoms with Crippen molar-refractivity contribution in [3.8, 4) is 11.5 Å². The molecule has 0 bridgehead atoms. The van der Waals surface area contributed by atoms with E-state index in [9.17, 15) is 4.79 Å². The van der Waals surface area contributed by atoms with Gasteiger partial charge in [0, 0.05) is 24.1 Å². The van der Waals surface area contributed by atoms with Crippen LogP contribution in [0.25, 0.3) is 22.4 Å². The van der Waals surface area contributed by atoms with E-state index in [0.29, 0.717) is 5.89 Å². The van der Waals surface area contributed by atoms with Crippen molar-refractivity contribution in [3.05, 3.63) is 36.4 Å². The number of hydrogen-bond donors (Lipinski definition) is 0. The number of carbonyl (C=O) groups is 1. The van der Waals surface area contributed by atoms with Gasteiger partial charge in [-0.3, -0.25) is 0 Å². The third-order valence-electron chi connectivity index (χ3n) is 3.00. The number of aryl methyl sites for hydroxylation is 1. The van der Waals surface area contributed by atoms with Gasteiger partial charge in [0.05, 0.1) is 12.2 Å². The lowest BCUT2D eigenvalue weighted by Crippen LogP contribution is -2.04. The second kappa shape index (κ2) is 4.80. The number of carbonyl (C=O) groups excluding carboxylic acids is 1. The van der Waals surface area contributed by atoms with Crippen molar-refractivity contribution in [2.45, 2.75) is 6.92 Å². The zero-order valence-corrected chi connectivity index (χ0v) is 11.2. The van der Waals surface area contributed by atoms with Gasteiger partial charge in [0.2, 0.25) is 0 Å². The highest BCUT2D eigenvalue weighted by atomic mass is 16.5. The van der Waals surface area contributed by atoms with E-state index >= 15 is 0 Å². The molecule has 0 fully saturated rings. The third kappa shape index (κ3) is 1.95. The van der Waals surface area contributed by atoms with E-state index < -0.39 is 5.97 Å². The molecule has 6 nitrogen and oxygen atoms in total. The van der Waals surface area contributed by atoms with E-state index in [4.69, 9.17) is 9.15 Å². The summed E-state index contributed by atoms with van der Waals surface area (Å²) in [7, 11) is 1.94. The Kier molecular flexibility index (Phi) is 2.98. The van der Waals surface area contributed by atoms with Crippen LogP contribution >= 0.6 is 0 Å². The molecule has 0 aliphatic rings. The Morgan fingerprint density at radius 3 is 2.95 bits per heavy atom. The van der Waals surface area contributed by atoms with Crippen molar-refractivity contribution < 1.29 is 13.9 Å². The van der Waals surface area contributed by atoms with E-state index in [1.165, 1.54) is 0 Å². The van der Waals surface area contributed by atoms with Crippen LogP contribution in [0.15, 0.2) is 34.9 Å². The van der Waals surface area contributed by atoms with Crippen LogP contribution < -0.4 is 0 Å². The third-order valence-corrected chi connectivity index (χ3v) is 3.00. The SMILES string of the molecule is CCOC(=O)c1nnc(-c2cn(C)c3ccccc23)o1. The first kappa shape index (κ1) is 12.4. The molecule has 0 spiro atoms. The lowest BCUT2D eigenvalue weighted by atomic mass is 10.2. The minimum Gasteiger partial charge on any atom is -0.459 e. The van der Waals surface area contributed by atoms with Gasteiger partial charge in [0.15, 0.2) is 0 Å². The molecule has 2 aromatic heterocycles. The Hall–Kier alpha value is -2.63. The predicted octanol–water partition coefficient (Wildman–Crippen LogP) is 2.41. The van der Waals surface area contributed by atoms with E-state index in [1.807, 2.05) is 42.1 Å². The summed E-state index contributed by atoms with van der Waals surface area (Å²) in [6.07, 6.45) is 1.90. The quantitative estimate of drug-likeness (QED) is 0.684. The molecule has 2 heterocycles. The van der Waals surface area contributed by atoms with Gasteiger partial charge in [-0.1, -0.05) is 18.2 Å². The first-order valence-corrected chi connectivity index (χ1v) is 6.25. The van der Waals surface area contributed by atoms with Crippen LogP contribution in [0.3, 0.4) is 0 Å².